The summed E-state index contributed by atoms with van der Waals surface area (Å²) in [6.07, 6.45) is 2.25. The summed E-state index contributed by atoms with van der Waals surface area (Å²) in [5, 5.41) is 0. The van der Waals surface area contributed by atoms with E-state index in [4.69, 9.17) is 5.73 Å². The predicted octanol–water partition coefficient (Wildman–Crippen LogP) is 2.12. The molecule has 136 valence electrons. The van der Waals surface area contributed by atoms with Crippen molar-refractivity contribution in [1.82, 2.24) is 9.80 Å². The molecule has 0 aromatic heterocycles. The molecule has 1 amide bonds. The number of halogens is 1. The van der Waals surface area contributed by atoms with Gasteiger partial charge in [-0.25, -0.2) is 0 Å². The number of alkyl halides is 1. The first-order valence-electron chi connectivity index (χ1n) is 9.43. The number of hydrogen-bond donors (Lipinski definition) is 1. The summed E-state index contributed by atoms with van der Waals surface area (Å²) in [5.74, 6) is -0.0736. The monoisotopic (exact) mass is 345 g/mol. The third kappa shape index (κ3) is 2.87. The minimum absolute atomic E-state index is 0.0217. The molecule has 1 aromatic rings. The number of hydrogen-bond acceptors (Lipinski definition) is 3. The molecule has 2 fully saturated rings. The second-order valence-electron chi connectivity index (χ2n) is 8.13. The quantitative estimate of drug-likeness (QED) is 0.893. The van der Waals surface area contributed by atoms with Crippen LogP contribution in [0.4, 0.5) is 4.39 Å². The van der Waals surface area contributed by atoms with Crippen molar-refractivity contribution in [3.8, 4) is 0 Å². The van der Waals surface area contributed by atoms with E-state index in [0.717, 1.165) is 25.9 Å². The lowest BCUT2D eigenvalue weighted by Gasteiger charge is -2.48. The summed E-state index contributed by atoms with van der Waals surface area (Å²) in [6, 6.07) is 4.98. The second-order valence-corrected chi connectivity index (χ2v) is 8.13. The van der Waals surface area contributed by atoms with Gasteiger partial charge < -0.3 is 10.6 Å². The van der Waals surface area contributed by atoms with Crippen LogP contribution >= 0.6 is 0 Å². The third-order valence-corrected chi connectivity index (χ3v) is 6.49. The predicted molar refractivity (Wildman–Crippen MR) is 96.1 cm³/mol. The number of fused-ring (bicyclic) bond motifs is 3. The van der Waals surface area contributed by atoms with Crippen molar-refractivity contribution in [2.75, 3.05) is 26.3 Å². The third-order valence-electron chi connectivity index (χ3n) is 6.49. The van der Waals surface area contributed by atoms with E-state index in [1.165, 1.54) is 22.3 Å². The molecular weight excluding hydrogens is 317 g/mol. The largest absolute Gasteiger partial charge is 0.336 e. The molecule has 3 aliphatic heterocycles. The Balaban J connectivity index is 1.57. The molecule has 0 unspecified atom stereocenters. The second kappa shape index (κ2) is 6.36. The van der Waals surface area contributed by atoms with E-state index < -0.39 is 6.67 Å². The average molecular weight is 345 g/mol. The molecule has 1 aromatic carbocycles. The number of benzene rings is 1. The zero-order valence-corrected chi connectivity index (χ0v) is 15.2. The first-order valence-corrected chi connectivity index (χ1v) is 9.43. The van der Waals surface area contributed by atoms with Crippen LogP contribution in [0, 0.1) is 19.8 Å². The van der Waals surface area contributed by atoms with Crippen LogP contribution in [0.25, 0.3) is 0 Å². The summed E-state index contributed by atoms with van der Waals surface area (Å²) in [5.41, 5.74) is 12.1. The van der Waals surface area contributed by atoms with Gasteiger partial charge in [-0.15, -0.1) is 0 Å². The average Bonchev–Trinajstić information content (AvgIpc) is 2.96. The van der Waals surface area contributed by atoms with Gasteiger partial charge in [0.05, 0.1) is 12.7 Å². The molecule has 25 heavy (non-hydrogen) atoms. The van der Waals surface area contributed by atoms with Crippen LogP contribution < -0.4 is 5.73 Å². The van der Waals surface area contributed by atoms with E-state index in [0.29, 0.717) is 19.0 Å². The SMILES string of the molecule is Cc1cc2c(cc1C)[C@@H]1C[C@H](N)[C@@H](N3C[C@@H](CF)CC3=O)CN1CC2. The van der Waals surface area contributed by atoms with Crippen molar-refractivity contribution >= 4 is 5.91 Å². The number of nitrogens with zero attached hydrogens (tertiary/aromatic N) is 2. The number of likely N-dealkylation sites (tertiary alicyclic amines) is 1. The van der Waals surface area contributed by atoms with Gasteiger partial charge in [-0.1, -0.05) is 12.1 Å². The number of amides is 1. The summed E-state index contributed by atoms with van der Waals surface area (Å²) < 4.78 is 13.0. The maximum absolute atomic E-state index is 13.0. The van der Waals surface area contributed by atoms with Crippen molar-refractivity contribution in [3.63, 3.8) is 0 Å². The molecule has 4 nitrogen and oxygen atoms in total. The fourth-order valence-corrected chi connectivity index (χ4v) is 4.89. The van der Waals surface area contributed by atoms with Crippen molar-refractivity contribution in [1.29, 1.82) is 0 Å². The zero-order valence-electron chi connectivity index (χ0n) is 15.2. The van der Waals surface area contributed by atoms with Crippen LogP contribution in [0.15, 0.2) is 12.1 Å². The van der Waals surface area contributed by atoms with Crippen molar-refractivity contribution in [2.45, 2.75) is 51.2 Å². The van der Waals surface area contributed by atoms with E-state index in [1.807, 2.05) is 4.90 Å². The molecule has 4 atom stereocenters. The summed E-state index contributed by atoms with van der Waals surface area (Å²) in [7, 11) is 0. The Morgan fingerprint density at radius 3 is 2.72 bits per heavy atom. The standard InChI is InChI=1S/C20H28FN3O/c1-12-5-15-3-4-23-11-19(24-10-14(9-21)7-20(24)25)17(22)8-18(23)16(15)6-13(12)2/h5-6,14,17-19H,3-4,7-11,22H2,1-2H3/t14-,17+,18+,19+/m1/s1. The van der Waals surface area contributed by atoms with Gasteiger partial charge in [0.1, 0.15) is 0 Å². The van der Waals surface area contributed by atoms with E-state index in [2.05, 4.69) is 30.9 Å². The molecule has 5 heteroatoms. The number of nitrogens with two attached hydrogens (primary N) is 1. The first kappa shape index (κ1) is 17.0. The van der Waals surface area contributed by atoms with Crippen LogP contribution in [0.2, 0.25) is 0 Å². The summed E-state index contributed by atoms with van der Waals surface area (Å²) >= 11 is 0. The van der Waals surface area contributed by atoms with Crippen molar-refractivity contribution in [2.24, 2.45) is 11.7 Å². The van der Waals surface area contributed by atoms with Gasteiger partial charge in [0.25, 0.3) is 0 Å². The van der Waals surface area contributed by atoms with E-state index >= 15 is 0 Å². The Bertz CT molecular complexity index is 692. The molecule has 0 radical (unpaired) electrons. The Kier molecular flexibility index (Phi) is 4.32. The highest BCUT2D eigenvalue weighted by Crippen LogP contribution is 2.39. The summed E-state index contributed by atoms with van der Waals surface area (Å²) in [6.45, 7) is 6.27. The summed E-state index contributed by atoms with van der Waals surface area (Å²) in [4.78, 5) is 16.7. The zero-order chi connectivity index (χ0) is 17.7. The first-order chi connectivity index (χ1) is 12.0. The highest BCUT2D eigenvalue weighted by atomic mass is 19.1. The molecule has 0 saturated carbocycles. The maximum atomic E-state index is 13.0. The molecule has 3 aliphatic rings. The lowest BCUT2D eigenvalue weighted by Crippen LogP contribution is -2.60. The van der Waals surface area contributed by atoms with Crippen molar-refractivity contribution < 1.29 is 9.18 Å². The molecule has 2 N–H and O–H groups in total. The number of piperidine rings is 1. The molecule has 0 aliphatic carbocycles. The highest BCUT2D eigenvalue weighted by Gasteiger charge is 2.43. The van der Waals surface area contributed by atoms with E-state index in [1.54, 1.807) is 0 Å². The number of carbonyl (C=O) groups excluding carboxylic acids is 1. The smallest absolute Gasteiger partial charge is 0.223 e. The number of rotatable bonds is 2. The molecular formula is C20H28FN3O. The van der Waals surface area contributed by atoms with Crippen LogP contribution in [0.1, 0.15) is 41.1 Å². The molecule has 3 heterocycles. The molecule has 4 rings (SSSR count). The fourth-order valence-electron chi connectivity index (χ4n) is 4.89. The normalized spacial score (nSPS) is 32.6. The molecule has 2 saturated heterocycles. The van der Waals surface area contributed by atoms with Gasteiger partial charge in [0, 0.05) is 44.1 Å². The lowest BCUT2D eigenvalue weighted by atomic mass is 9.81. The van der Waals surface area contributed by atoms with Crippen LogP contribution in [0.3, 0.4) is 0 Å². The van der Waals surface area contributed by atoms with Gasteiger partial charge in [0.15, 0.2) is 0 Å². The van der Waals surface area contributed by atoms with Crippen LogP contribution in [0.5, 0.6) is 0 Å². The van der Waals surface area contributed by atoms with Gasteiger partial charge >= 0.3 is 0 Å². The molecule has 0 spiro atoms. The van der Waals surface area contributed by atoms with Crippen LogP contribution in [-0.4, -0.2) is 54.1 Å². The molecule has 0 bridgehead atoms. The topological polar surface area (TPSA) is 49.6 Å². The maximum Gasteiger partial charge on any atom is 0.223 e. The highest BCUT2D eigenvalue weighted by molar-refractivity contribution is 5.79. The van der Waals surface area contributed by atoms with Gasteiger partial charge in [-0.2, -0.15) is 0 Å². The lowest BCUT2D eigenvalue weighted by molar-refractivity contribution is -0.131. The number of carbonyl (C=O) groups is 1. The Hall–Kier alpha value is -1.46. The number of aryl methyl sites for hydroxylation is 2. The van der Waals surface area contributed by atoms with E-state index in [9.17, 15) is 9.18 Å². The van der Waals surface area contributed by atoms with Gasteiger partial charge in [0.2, 0.25) is 5.91 Å². The van der Waals surface area contributed by atoms with E-state index in [-0.39, 0.29) is 23.9 Å². The van der Waals surface area contributed by atoms with Crippen molar-refractivity contribution in [3.05, 3.63) is 34.4 Å². The minimum atomic E-state index is -0.414. The Labute approximate surface area is 149 Å². The Morgan fingerprint density at radius 1 is 1.24 bits per heavy atom. The van der Waals surface area contributed by atoms with Gasteiger partial charge in [-0.3, -0.25) is 14.1 Å². The Morgan fingerprint density at radius 2 is 2.00 bits per heavy atom. The van der Waals surface area contributed by atoms with Crippen LogP contribution in [-0.2, 0) is 11.2 Å². The van der Waals surface area contributed by atoms with Gasteiger partial charge in [-0.05, 0) is 48.9 Å². The fraction of sp³-hybridized carbons (Fsp3) is 0.650. The minimum Gasteiger partial charge on any atom is -0.336 e.